The van der Waals surface area contributed by atoms with Gasteiger partial charge in [-0.15, -0.1) is 0 Å². The van der Waals surface area contributed by atoms with Crippen LogP contribution in [0.4, 0.5) is 17.3 Å². The lowest BCUT2D eigenvalue weighted by Gasteiger charge is -2.40. The molecule has 9 nitrogen and oxygen atoms in total. The number of rotatable bonds is 8. The van der Waals surface area contributed by atoms with Gasteiger partial charge in [0.2, 0.25) is 5.91 Å². The predicted octanol–water partition coefficient (Wildman–Crippen LogP) is 3.06. The summed E-state index contributed by atoms with van der Waals surface area (Å²) in [6.07, 6.45) is 8.76. The zero-order valence-electron chi connectivity index (χ0n) is 21.8. The Hall–Kier alpha value is -3.46. The Morgan fingerprint density at radius 3 is 2.49 bits per heavy atom. The Bertz CT molecular complexity index is 1170. The molecule has 3 fully saturated rings. The van der Waals surface area contributed by atoms with Gasteiger partial charge in [-0.3, -0.25) is 9.59 Å². The van der Waals surface area contributed by atoms with Gasteiger partial charge in [0, 0.05) is 37.9 Å². The van der Waals surface area contributed by atoms with Gasteiger partial charge < -0.3 is 25.8 Å². The third-order valence-corrected chi connectivity index (χ3v) is 8.36. The topological polar surface area (TPSA) is 108 Å². The summed E-state index contributed by atoms with van der Waals surface area (Å²) in [5.41, 5.74) is 8.03. The average Bonchev–Trinajstić information content (AvgIpc) is 3.64. The van der Waals surface area contributed by atoms with E-state index in [2.05, 4.69) is 40.8 Å². The lowest BCUT2D eigenvalue weighted by molar-refractivity contribution is -0.125. The third-order valence-electron chi connectivity index (χ3n) is 8.36. The number of carbonyl (C=O) groups excluding carboxylic acids is 2. The van der Waals surface area contributed by atoms with Gasteiger partial charge in [0.25, 0.3) is 5.91 Å². The van der Waals surface area contributed by atoms with E-state index in [0.29, 0.717) is 24.7 Å². The van der Waals surface area contributed by atoms with Crippen LogP contribution >= 0.6 is 0 Å². The molecule has 3 N–H and O–H groups in total. The van der Waals surface area contributed by atoms with Crippen molar-refractivity contribution >= 4 is 29.1 Å². The molecule has 0 spiro atoms. The second-order valence-electron chi connectivity index (χ2n) is 10.9. The molecule has 196 valence electrons. The fraction of sp³-hybridized carbons (Fsp3) is 0.500. The van der Waals surface area contributed by atoms with Gasteiger partial charge in [0.15, 0.2) is 11.5 Å². The van der Waals surface area contributed by atoms with E-state index in [1.165, 1.54) is 50.4 Å². The number of anilines is 3. The van der Waals surface area contributed by atoms with Crippen molar-refractivity contribution in [2.24, 2.45) is 5.73 Å². The molecule has 9 heteroatoms. The highest BCUT2D eigenvalue weighted by molar-refractivity contribution is 5.96. The van der Waals surface area contributed by atoms with E-state index in [-0.39, 0.29) is 23.1 Å². The summed E-state index contributed by atoms with van der Waals surface area (Å²) < 4.78 is 0. The summed E-state index contributed by atoms with van der Waals surface area (Å²) in [6.45, 7) is 9.53. The Balaban J connectivity index is 1.30. The molecule has 1 saturated carbocycles. The molecular formula is C28H37N7O2. The fourth-order valence-corrected chi connectivity index (χ4v) is 5.60. The lowest BCUT2D eigenvalue weighted by Crippen LogP contribution is -2.41. The first-order valence-electron chi connectivity index (χ1n) is 13.2. The Labute approximate surface area is 218 Å². The molecule has 2 aliphatic heterocycles. The molecule has 0 bridgehead atoms. The first-order valence-corrected chi connectivity index (χ1v) is 13.2. The van der Waals surface area contributed by atoms with Crippen molar-refractivity contribution in [3.63, 3.8) is 0 Å². The first kappa shape index (κ1) is 25.2. The Morgan fingerprint density at radius 1 is 1.16 bits per heavy atom. The van der Waals surface area contributed by atoms with E-state index in [0.717, 1.165) is 18.2 Å². The highest BCUT2D eigenvalue weighted by atomic mass is 16.2. The molecule has 1 atom stereocenters. The average molecular weight is 504 g/mol. The summed E-state index contributed by atoms with van der Waals surface area (Å²) in [4.78, 5) is 39.5. The van der Waals surface area contributed by atoms with Crippen LogP contribution in [0.5, 0.6) is 0 Å². The molecule has 2 saturated heterocycles. The maximum absolute atomic E-state index is 12.1. The van der Waals surface area contributed by atoms with Crippen molar-refractivity contribution in [2.45, 2.75) is 56.5 Å². The number of nitrogens with two attached hydrogens (primary N) is 1. The Morgan fingerprint density at radius 2 is 1.86 bits per heavy atom. The minimum Gasteiger partial charge on any atom is -0.364 e. The molecule has 2 amide bonds. The number of likely N-dealkylation sites (N-methyl/N-ethyl adjacent to an activating group) is 1. The number of hydrogen-bond acceptors (Lipinski definition) is 7. The van der Waals surface area contributed by atoms with Gasteiger partial charge in [-0.1, -0.05) is 25.6 Å². The van der Waals surface area contributed by atoms with Gasteiger partial charge in [0.05, 0.1) is 6.20 Å². The molecule has 3 heterocycles. The van der Waals surface area contributed by atoms with Gasteiger partial charge >= 0.3 is 0 Å². The van der Waals surface area contributed by atoms with Crippen LogP contribution in [-0.4, -0.2) is 76.9 Å². The number of likely N-dealkylation sites (tertiary alicyclic amines) is 2. The first-order chi connectivity index (χ1) is 17.8. The van der Waals surface area contributed by atoms with Crippen molar-refractivity contribution in [2.75, 3.05) is 43.4 Å². The van der Waals surface area contributed by atoms with Gasteiger partial charge in [-0.25, -0.2) is 9.97 Å². The number of nitrogens with zero attached hydrogens (tertiary/aromatic N) is 5. The molecule has 0 radical (unpaired) electrons. The van der Waals surface area contributed by atoms with Crippen molar-refractivity contribution in [1.29, 1.82) is 0 Å². The third kappa shape index (κ3) is 5.32. The minimum absolute atomic E-state index is 0.0702. The second kappa shape index (κ2) is 10.1. The van der Waals surface area contributed by atoms with Crippen LogP contribution in [-0.2, 0) is 10.2 Å². The van der Waals surface area contributed by atoms with Crippen LogP contribution < -0.4 is 16.0 Å². The molecule has 1 aliphatic carbocycles. The quantitative estimate of drug-likeness (QED) is 0.533. The lowest BCUT2D eigenvalue weighted by atomic mass is 9.74. The van der Waals surface area contributed by atoms with Crippen molar-refractivity contribution in [3.8, 4) is 0 Å². The molecule has 1 aromatic carbocycles. The monoisotopic (exact) mass is 503 g/mol. The van der Waals surface area contributed by atoms with Crippen LogP contribution in [0.2, 0.25) is 0 Å². The number of primary amides is 1. The fourth-order valence-electron chi connectivity index (χ4n) is 5.60. The van der Waals surface area contributed by atoms with Crippen LogP contribution in [0, 0.1) is 0 Å². The van der Waals surface area contributed by atoms with E-state index in [4.69, 9.17) is 10.7 Å². The maximum atomic E-state index is 12.1. The normalized spacial score (nSPS) is 21.5. The van der Waals surface area contributed by atoms with Crippen molar-refractivity contribution < 1.29 is 9.59 Å². The van der Waals surface area contributed by atoms with Gasteiger partial charge in [0.1, 0.15) is 5.82 Å². The van der Waals surface area contributed by atoms with E-state index in [1.54, 1.807) is 11.1 Å². The van der Waals surface area contributed by atoms with E-state index in [9.17, 15) is 9.59 Å². The molecule has 2 aromatic rings. The zero-order valence-corrected chi connectivity index (χ0v) is 21.8. The standard InChI is InChI=1S/C28H37N7O2/c1-4-24(36)35-14-11-22(18-35)33(3)23-17-30-25(26(29)37)27(32-23)31-20-7-5-19(6-8-20)28(2)12-15-34(16-13-28)21-9-10-21/h4-8,17,21-22H,1,9-16,18H2,2-3H3,(H2,29,37)(H,31,32). The number of aromatic nitrogens is 2. The summed E-state index contributed by atoms with van der Waals surface area (Å²) in [5.74, 6) is 0.223. The van der Waals surface area contributed by atoms with Gasteiger partial charge in [-0.2, -0.15) is 0 Å². The van der Waals surface area contributed by atoms with Crippen molar-refractivity contribution in [1.82, 2.24) is 19.8 Å². The Kier molecular flexibility index (Phi) is 6.90. The summed E-state index contributed by atoms with van der Waals surface area (Å²) >= 11 is 0. The van der Waals surface area contributed by atoms with Crippen LogP contribution in [0.3, 0.4) is 0 Å². The zero-order chi connectivity index (χ0) is 26.2. The van der Waals surface area contributed by atoms with Gasteiger partial charge in [-0.05, 0) is 74.4 Å². The molecule has 37 heavy (non-hydrogen) atoms. The van der Waals surface area contributed by atoms with E-state index in [1.807, 2.05) is 24.1 Å². The molecule has 3 aliphatic rings. The van der Waals surface area contributed by atoms with Crippen molar-refractivity contribution in [3.05, 3.63) is 54.4 Å². The number of nitrogens with one attached hydrogen (secondary N) is 1. The smallest absolute Gasteiger partial charge is 0.271 e. The number of hydrogen-bond donors (Lipinski definition) is 2. The minimum atomic E-state index is -0.639. The molecule has 5 rings (SSSR count). The summed E-state index contributed by atoms with van der Waals surface area (Å²) in [6, 6.07) is 9.34. The number of amides is 2. The number of piperidine rings is 1. The van der Waals surface area contributed by atoms with Crippen LogP contribution in [0.25, 0.3) is 0 Å². The second-order valence-corrected chi connectivity index (χ2v) is 10.9. The highest BCUT2D eigenvalue weighted by Crippen LogP contribution is 2.39. The summed E-state index contributed by atoms with van der Waals surface area (Å²) in [7, 11) is 1.92. The van der Waals surface area contributed by atoms with Crippen LogP contribution in [0.1, 0.15) is 55.1 Å². The van der Waals surface area contributed by atoms with E-state index < -0.39 is 5.91 Å². The summed E-state index contributed by atoms with van der Waals surface area (Å²) in [5, 5.41) is 3.26. The molecule has 1 unspecified atom stereocenters. The SMILES string of the molecule is C=CC(=O)N1CCC(N(C)c2cnc(C(N)=O)c(Nc3ccc(C4(C)CCN(C5CC5)CC4)cc3)n2)C1. The highest BCUT2D eigenvalue weighted by Gasteiger charge is 2.37. The largest absolute Gasteiger partial charge is 0.364 e. The number of benzene rings is 1. The predicted molar refractivity (Wildman–Crippen MR) is 145 cm³/mol. The maximum Gasteiger partial charge on any atom is 0.271 e. The van der Waals surface area contributed by atoms with E-state index >= 15 is 0 Å². The van der Waals surface area contributed by atoms with Crippen LogP contribution in [0.15, 0.2) is 43.1 Å². The molecular weight excluding hydrogens is 466 g/mol. The molecule has 1 aromatic heterocycles. The number of carbonyl (C=O) groups is 2.